The van der Waals surface area contributed by atoms with Gasteiger partial charge in [-0.05, 0) is 20.8 Å². The fourth-order valence-electron chi connectivity index (χ4n) is 1.22. The molecule has 0 saturated heterocycles. The van der Waals surface area contributed by atoms with Crippen molar-refractivity contribution >= 4 is 5.91 Å². The van der Waals surface area contributed by atoms with E-state index in [1.54, 1.807) is 0 Å². The minimum absolute atomic E-state index is 0.0259. The molecule has 0 unspecified atom stereocenters. The quantitative estimate of drug-likeness (QED) is 0.484. The van der Waals surface area contributed by atoms with Gasteiger partial charge in [0.05, 0.1) is 0 Å². The van der Waals surface area contributed by atoms with Crippen molar-refractivity contribution in [3.05, 3.63) is 12.2 Å². The minimum atomic E-state index is -0.0259. The van der Waals surface area contributed by atoms with Crippen LogP contribution in [0.1, 0.15) is 27.2 Å². The molecule has 0 aromatic rings. The van der Waals surface area contributed by atoms with Gasteiger partial charge in [0.2, 0.25) is 5.91 Å². The van der Waals surface area contributed by atoms with E-state index in [9.17, 15) is 4.79 Å². The molecule has 0 saturated carbocycles. The Morgan fingerprint density at radius 1 is 1.36 bits per heavy atom. The number of carbonyl (C=O) groups excluding carboxylic acids is 1. The van der Waals surface area contributed by atoms with Crippen molar-refractivity contribution in [2.45, 2.75) is 32.7 Å². The van der Waals surface area contributed by atoms with Gasteiger partial charge in [-0.25, -0.2) is 0 Å². The van der Waals surface area contributed by atoms with E-state index >= 15 is 0 Å². The predicted molar refractivity (Wildman–Crippen MR) is 45.2 cm³/mol. The Bertz CT molecular complexity index is 188. The van der Waals surface area contributed by atoms with Crippen LogP contribution in [0, 0.1) is 0 Å². The Kier molecular flexibility index (Phi) is 2.03. The lowest BCUT2D eigenvalue weighted by Crippen LogP contribution is -2.46. The summed E-state index contributed by atoms with van der Waals surface area (Å²) < 4.78 is 0. The van der Waals surface area contributed by atoms with Gasteiger partial charge in [-0.3, -0.25) is 4.79 Å². The fourth-order valence-corrected chi connectivity index (χ4v) is 1.22. The Labute approximate surface area is 67.9 Å². The van der Waals surface area contributed by atoms with E-state index in [1.807, 2.05) is 17.1 Å². The highest BCUT2D eigenvalue weighted by Crippen LogP contribution is 2.16. The smallest absolute Gasteiger partial charge is 0.227 e. The summed E-state index contributed by atoms with van der Waals surface area (Å²) >= 11 is 0. The predicted octanol–water partition coefficient (Wildman–Crippen LogP) is 1.57. The van der Waals surface area contributed by atoms with Crippen LogP contribution in [-0.4, -0.2) is 22.9 Å². The van der Waals surface area contributed by atoms with Crippen LogP contribution in [0.15, 0.2) is 12.2 Å². The van der Waals surface area contributed by atoms with Crippen molar-refractivity contribution in [1.82, 2.24) is 4.90 Å². The van der Waals surface area contributed by atoms with Crippen molar-refractivity contribution < 1.29 is 4.79 Å². The number of carbonyl (C=O) groups is 1. The zero-order valence-corrected chi connectivity index (χ0v) is 7.42. The third kappa shape index (κ3) is 1.82. The third-order valence-electron chi connectivity index (χ3n) is 1.86. The van der Waals surface area contributed by atoms with Crippen LogP contribution in [0.2, 0.25) is 0 Å². The minimum Gasteiger partial charge on any atom is -0.334 e. The molecule has 0 aromatic carbocycles. The first-order valence-corrected chi connectivity index (χ1v) is 3.97. The first kappa shape index (κ1) is 8.31. The maximum absolute atomic E-state index is 11.3. The SMILES string of the molecule is CC(C)(C)N1CC=CCC1=O. The zero-order chi connectivity index (χ0) is 8.48. The average Bonchev–Trinajstić information content (AvgIpc) is 1.86. The largest absolute Gasteiger partial charge is 0.334 e. The molecule has 1 aliphatic heterocycles. The van der Waals surface area contributed by atoms with Crippen LogP contribution >= 0.6 is 0 Å². The number of rotatable bonds is 0. The van der Waals surface area contributed by atoms with Gasteiger partial charge in [0.15, 0.2) is 0 Å². The summed E-state index contributed by atoms with van der Waals surface area (Å²) in [4.78, 5) is 13.2. The van der Waals surface area contributed by atoms with E-state index in [0.29, 0.717) is 6.42 Å². The second-order valence-electron chi connectivity index (χ2n) is 3.85. The van der Waals surface area contributed by atoms with Gasteiger partial charge in [-0.1, -0.05) is 12.2 Å². The molecule has 1 rings (SSSR count). The molecular weight excluding hydrogens is 138 g/mol. The van der Waals surface area contributed by atoms with Crippen LogP contribution in [0.25, 0.3) is 0 Å². The maximum Gasteiger partial charge on any atom is 0.227 e. The van der Waals surface area contributed by atoms with E-state index in [2.05, 4.69) is 20.8 Å². The van der Waals surface area contributed by atoms with Gasteiger partial charge < -0.3 is 4.90 Å². The van der Waals surface area contributed by atoms with Crippen LogP contribution in [0.5, 0.6) is 0 Å². The third-order valence-corrected chi connectivity index (χ3v) is 1.86. The summed E-state index contributed by atoms with van der Waals surface area (Å²) in [6.45, 7) is 6.94. The summed E-state index contributed by atoms with van der Waals surface area (Å²) in [6.07, 6.45) is 4.55. The molecule has 1 aliphatic rings. The molecule has 0 aromatic heterocycles. The van der Waals surface area contributed by atoms with Gasteiger partial charge in [-0.15, -0.1) is 0 Å². The van der Waals surface area contributed by atoms with E-state index < -0.39 is 0 Å². The average molecular weight is 153 g/mol. The normalized spacial score (nSPS) is 19.2. The Hall–Kier alpha value is -0.790. The van der Waals surface area contributed by atoms with Crippen LogP contribution < -0.4 is 0 Å². The highest BCUT2D eigenvalue weighted by Gasteiger charge is 2.25. The second kappa shape index (κ2) is 2.68. The zero-order valence-electron chi connectivity index (χ0n) is 7.42. The summed E-state index contributed by atoms with van der Waals surface area (Å²) in [6, 6.07) is 0. The molecule has 1 amide bonds. The molecule has 2 heteroatoms. The monoisotopic (exact) mass is 153 g/mol. The van der Waals surface area contributed by atoms with Crippen LogP contribution in [0.3, 0.4) is 0 Å². The number of amides is 1. The van der Waals surface area contributed by atoms with Crippen molar-refractivity contribution in [3.63, 3.8) is 0 Å². The molecule has 0 bridgehead atoms. The van der Waals surface area contributed by atoms with Crippen molar-refractivity contribution in [1.29, 1.82) is 0 Å². The standard InChI is InChI=1S/C9H15NO/c1-9(2,3)10-7-5-4-6-8(10)11/h4-5H,6-7H2,1-3H3. The molecule has 0 N–H and O–H groups in total. The fraction of sp³-hybridized carbons (Fsp3) is 0.667. The molecule has 0 spiro atoms. The molecule has 62 valence electrons. The Morgan fingerprint density at radius 3 is 2.36 bits per heavy atom. The van der Waals surface area contributed by atoms with Gasteiger partial charge in [0, 0.05) is 18.5 Å². The highest BCUT2D eigenvalue weighted by atomic mass is 16.2. The summed E-state index contributed by atoms with van der Waals surface area (Å²) in [7, 11) is 0. The topological polar surface area (TPSA) is 20.3 Å². The lowest BCUT2D eigenvalue weighted by Gasteiger charge is -2.36. The molecule has 1 heterocycles. The summed E-state index contributed by atoms with van der Waals surface area (Å²) in [5.74, 6) is 0.236. The molecule has 0 aliphatic carbocycles. The lowest BCUT2D eigenvalue weighted by molar-refractivity contribution is -0.134. The summed E-state index contributed by atoms with van der Waals surface area (Å²) in [5.41, 5.74) is -0.0259. The highest BCUT2D eigenvalue weighted by molar-refractivity contribution is 5.79. The molecular formula is C9H15NO. The van der Waals surface area contributed by atoms with E-state index in [1.165, 1.54) is 0 Å². The van der Waals surface area contributed by atoms with E-state index in [0.717, 1.165) is 6.54 Å². The van der Waals surface area contributed by atoms with E-state index in [-0.39, 0.29) is 11.4 Å². The first-order valence-electron chi connectivity index (χ1n) is 3.97. The first-order chi connectivity index (χ1) is 5.02. The second-order valence-corrected chi connectivity index (χ2v) is 3.85. The van der Waals surface area contributed by atoms with Crippen molar-refractivity contribution in [2.24, 2.45) is 0 Å². The van der Waals surface area contributed by atoms with Crippen molar-refractivity contribution in [2.75, 3.05) is 6.54 Å². The van der Waals surface area contributed by atoms with Gasteiger partial charge >= 0.3 is 0 Å². The van der Waals surface area contributed by atoms with E-state index in [4.69, 9.17) is 0 Å². The van der Waals surface area contributed by atoms with Gasteiger partial charge in [0.1, 0.15) is 0 Å². The Balaban J connectivity index is 2.72. The Morgan fingerprint density at radius 2 is 2.00 bits per heavy atom. The number of nitrogens with zero attached hydrogens (tertiary/aromatic N) is 1. The number of hydrogen-bond donors (Lipinski definition) is 0. The van der Waals surface area contributed by atoms with Crippen LogP contribution in [-0.2, 0) is 4.79 Å². The molecule has 0 fully saturated rings. The molecule has 2 nitrogen and oxygen atoms in total. The van der Waals surface area contributed by atoms with Crippen molar-refractivity contribution in [3.8, 4) is 0 Å². The molecule has 0 radical (unpaired) electrons. The van der Waals surface area contributed by atoms with Gasteiger partial charge in [-0.2, -0.15) is 0 Å². The molecule has 11 heavy (non-hydrogen) atoms. The molecule has 0 atom stereocenters. The summed E-state index contributed by atoms with van der Waals surface area (Å²) in [5, 5.41) is 0. The van der Waals surface area contributed by atoms with Gasteiger partial charge in [0.25, 0.3) is 0 Å². The van der Waals surface area contributed by atoms with Crippen LogP contribution in [0.4, 0.5) is 0 Å². The number of hydrogen-bond acceptors (Lipinski definition) is 1. The lowest BCUT2D eigenvalue weighted by atomic mass is 10.0. The maximum atomic E-state index is 11.3.